The van der Waals surface area contributed by atoms with E-state index in [0.717, 1.165) is 45.8 Å². The van der Waals surface area contributed by atoms with Gasteiger partial charge in [-0.25, -0.2) is 9.97 Å². The maximum atomic E-state index is 5.96. The lowest BCUT2D eigenvalue weighted by molar-refractivity contribution is 0.573. The van der Waals surface area contributed by atoms with Crippen LogP contribution in [0.2, 0.25) is 5.02 Å². The molecule has 2 aromatic heterocycles. The highest BCUT2D eigenvalue weighted by atomic mass is 35.5. The van der Waals surface area contributed by atoms with Crippen LogP contribution in [-0.2, 0) is 0 Å². The summed E-state index contributed by atoms with van der Waals surface area (Å²) in [6.45, 7) is 2.20. The maximum absolute atomic E-state index is 5.96. The molecule has 1 aliphatic rings. The zero-order valence-electron chi connectivity index (χ0n) is 13.3. The summed E-state index contributed by atoms with van der Waals surface area (Å²) in [6.07, 6.45) is 5.73. The van der Waals surface area contributed by atoms with Crippen LogP contribution < -0.4 is 4.90 Å². The molecule has 3 aromatic rings. The second-order valence-electron chi connectivity index (χ2n) is 6.00. The van der Waals surface area contributed by atoms with Gasteiger partial charge in [-0.1, -0.05) is 23.7 Å². The summed E-state index contributed by atoms with van der Waals surface area (Å²) < 4.78 is 0. The molecule has 0 unspecified atom stereocenters. The SMILES string of the molecule is Clc1ccc(-c2csc(-c3ccnc(N4CCCCC4)c3)n2)cc1. The second kappa shape index (κ2) is 6.91. The Kier molecular flexibility index (Phi) is 4.50. The molecule has 4 rings (SSSR count). The van der Waals surface area contributed by atoms with Gasteiger partial charge in [0.2, 0.25) is 0 Å². The number of pyridine rings is 1. The van der Waals surface area contributed by atoms with Crippen LogP contribution >= 0.6 is 22.9 Å². The normalized spacial score (nSPS) is 14.8. The molecule has 0 spiro atoms. The number of rotatable bonds is 3. The number of nitrogens with zero attached hydrogens (tertiary/aromatic N) is 3. The lowest BCUT2D eigenvalue weighted by Crippen LogP contribution is -2.30. The Labute approximate surface area is 151 Å². The molecule has 3 heterocycles. The van der Waals surface area contributed by atoms with E-state index in [2.05, 4.69) is 21.3 Å². The Balaban J connectivity index is 1.61. The molecule has 1 fully saturated rings. The van der Waals surface area contributed by atoms with Gasteiger partial charge in [0.25, 0.3) is 0 Å². The predicted molar refractivity (Wildman–Crippen MR) is 102 cm³/mol. The van der Waals surface area contributed by atoms with Crippen molar-refractivity contribution in [1.82, 2.24) is 9.97 Å². The van der Waals surface area contributed by atoms with E-state index in [9.17, 15) is 0 Å². The molecule has 24 heavy (non-hydrogen) atoms. The van der Waals surface area contributed by atoms with Crippen molar-refractivity contribution in [2.24, 2.45) is 0 Å². The molecule has 1 aliphatic heterocycles. The van der Waals surface area contributed by atoms with Crippen molar-refractivity contribution in [2.45, 2.75) is 19.3 Å². The molecule has 0 atom stereocenters. The van der Waals surface area contributed by atoms with Gasteiger partial charge in [0, 0.05) is 40.8 Å². The van der Waals surface area contributed by atoms with Crippen molar-refractivity contribution < 1.29 is 0 Å². The van der Waals surface area contributed by atoms with E-state index in [1.807, 2.05) is 36.5 Å². The van der Waals surface area contributed by atoms with Gasteiger partial charge in [0.1, 0.15) is 10.8 Å². The Hall–Kier alpha value is -1.91. The highest BCUT2D eigenvalue weighted by Crippen LogP contribution is 2.31. The topological polar surface area (TPSA) is 29.0 Å². The Bertz CT molecular complexity index is 823. The Morgan fingerprint density at radius 3 is 2.54 bits per heavy atom. The van der Waals surface area contributed by atoms with E-state index < -0.39 is 0 Å². The van der Waals surface area contributed by atoms with Crippen molar-refractivity contribution in [1.29, 1.82) is 0 Å². The largest absolute Gasteiger partial charge is 0.357 e. The number of piperidine rings is 1. The molecule has 0 N–H and O–H groups in total. The highest BCUT2D eigenvalue weighted by Gasteiger charge is 2.14. The third kappa shape index (κ3) is 3.30. The molecule has 0 radical (unpaired) electrons. The van der Waals surface area contributed by atoms with Crippen molar-refractivity contribution in [3.8, 4) is 21.8 Å². The predicted octanol–water partition coefficient (Wildman–Crippen LogP) is 5.52. The van der Waals surface area contributed by atoms with E-state index in [1.165, 1.54) is 19.3 Å². The summed E-state index contributed by atoms with van der Waals surface area (Å²) >= 11 is 7.63. The van der Waals surface area contributed by atoms with Gasteiger partial charge in [-0.2, -0.15) is 0 Å². The molecule has 1 aromatic carbocycles. The van der Waals surface area contributed by atoms with Gasteiger partial charge < -0.3 is 4.90 Å². The van der Waals surface area contributed by atoms with Crippen LogP contribution in [0.3, 0.4) is 0 Å². The molecule has 5 heteroatoms. The third-order valence-electron chi connectivity index (χ3n) is 4.32. The zero-order chi connectivity index (χ0) is 16.4. The summed E-state index contributed by atoms with van der Waals surface area (Å²) in [5.41, 5.74) is 3.21. The van der Waals surface area contributed by atoms with E-state index >= 15 is 0 Å². The molecule has 0 aliphatic carbocycles. The minimum Gasteiger partial charge on any atom is -0.357 e. The van der Waals surface area contributed by atoms with Gasteiger partial charge in [-0.05, 0) is 43.5 Å². The number of halogens is 1. The average Bonchev–Trinajstić information content (AvgIpc) is 3.13. The first-order valence-electron chi connectivity index (χ1n) is 8.22. The van der Waals surface area contributed by atoms with Crippen LogP contribution in [0.25, 0.3) is 21.8 Å². The van der Waals surface area contributed by atoms with Gasteiger partial charge >= 0.3 is 0 Å². The summed E-state index contributed by atoms with van der Waals surface area (Å²) in [5.74, 6) is 1.07. The van der Waals surface area contributed by atoms with Gasteiger partial charge in [-0.15, -0.1) is 11.3 Å². The van der Waals surface area contributed by atoms with Crippen molar-refractivity contribution in [3.63, 3.8) is 0 Å². The Morgan fingerprint density at radius 1 is 0.958 bits per heavy atom. The summed E-state index contributed by atoms with van der Waals surface area (Å²) in [4.78, 5) is 11.7. The monoisotopic (exact) mass is 355 g/mol. The average molecular weight is 356 g/mol. The molecular formula is C19H18ClN3S. The molecule has 1 saturated heterocycles. The number of hydrogen-bond donors (Lipinski definition) is 0. The van der Waals surface area contributed by atoms with Crippen molar-refractivity contribution in [3.05, 3.63) is 53.0 Å². The van der Waals surface area contributed by atoms with Crippen LogP contribution in [0.15, 0.2) is 48.0 Å². The van der Waals surface area contributed by atoms with Crippen molar-refractivity contribution in [2.75, 3.05) is 18.0 Å². The van der Waals surface area contributed by atoms with Crippen LogP contribution in [0.1, 0.15) is 19.3 Å². The molecule has 0 saturated carbocycles. The first-order chi connectivity index (χ1) is 11.8. The van der Waals surface area contributed by atoms with Gasteiger partial charge in [-0.3, -0.25) is 0 Å². The first-order valence-corrected chi connectivity index (χ1v) is 9.48. The van der Waals surface area contributed by atoms with Crippen LogP contribution in [0.5, 0.6) is 0 Å². The fourth-order valence-electron chi connectivity index (χ4n) is 3.01. The molecule has 3 nitrogen and oxygen atoms in total. The lowest BCUT2D eigenvalue weighted by Gasteiger charge is -2.27. The number of benzene rings is 1. The molecule has 0 amide bonds. The van der Waals surface area contributed by atoms with Gasteiger partial charge in [0.05, 0.1) is 5.69 Å². The zero-order valence-corrected chi connectivity index (χ0v) is 14.9. The highest BCUT2D eigenvalue weighted by molar-refractivity contribution is 7.13. The fourth-order valence-corrected chi connectivity index (χ4v) is 3.96. The minimum atomic E-state index is 0.745. The molecule has 0 bridgehead atoms. The van der Waals surface area contributed by atoms with E-state index in [4.69, 9.17) is 16.6 Å². The van der Waals surface area contributed by atoms with Crippen LogP contribution in [-0.4, -0.2) is 23.1 Å². The minimum absolute atomic E-state index is 0.745. The number of hydrogen-bond acceptors (Lipinski definition) is 4. The Morgan fingerprint density at radius 2 is 1.75 bits per heavy atom. The lowest BCUT2D eigenvalue weighted by atomic mass is 10.1. The summed E-state index contributed by atoms with van der Waals surface area (Å²) in [6, 6.07) is 12.0. The fraction of sp³-hybridized carbons (Fsp3) is 0.263. The van der Waals surface area contributed by atoms with Crippen LogP contribution in [0, 0.1) is 0 Å². The molecular weight excluding hydrogens is 338 g/mol. The second-order valence-corrected chi connectivity index (χ2v) is 7.29. The summed E-state index contributed by atoms with van der Waals surface area (Å²) in [7, 11) is 0. The standard InChI is InChI=1S/C19H18ClN3S/c20-16-6-4-14(5-7-16)17-13-24-19(22-17)15-8-9-21-18(12-15)23-10-2-1-3-11-23/h4-9,12-13H,1-3,10-11H2. The van der Waals surface area contributed by atoms with E-state index in [1.54, 1.807) is 11.3 Å². The summed E-state index contributed by atoms with van der Waals surface area (Å²) in [5, 5.41) is 3.87. The van der Waals surface area contributed by atoms with E-state index in [0.29, 0.717) is 0 Å². The maximum Gasteiger partial charge on any atom is 0.129 e. The smallest absolute Gasteiger partial charge is 0.129 e. The molecule has 122 valence electrons. The number of thiazole rings is 1. The van der Waals surface area contributed by atoms with Crippen LogP contribution in [0.4, 0.5) is 5.82 Å². The third-order valence-corrected chi connectivity index (χ3v) is 5.46. The number of aromatic nitrogens is 2. The quantitative estimate of drug-likeness (QED) is 0.619. The number of anilines is 1. The van der Waals surface area contributed by atoms with Gasteiger partial charge in [0.15, 0.2) is 0 Å². The van der Waals surface area contributed by atoms with E-state index in [-0.39, 0.29) is 0 Å². The van der Waals surface area contributed by atoms with Crippen molar-refractivity contribution >= 4 is 28.8 Å². The first kappa shape index (κ1) is 15.6.